The molecule has 0 aliphatic heterocycles. The lowest BCUT2D eigenvalue weighted by Crippen LogP contribution is -2.53. The standard InChI is InChI=1S/C22H22F2O6/c1-4-29-20(26)22(21(27)30-5-2,15-8-11-17(23)18(24)13-15)19(25)12-14-6-9-16(28-3)10-7-14/h6-11,13H,4-5,12H2,1-3H3. The second-order valence-corrected chi connectivity index (χ2v) is 6.27. The molecule has 6 nitrogen and oxygen atoms in total. The van der Waals surface area contributed by atoms with Gasteiger partial charge in [0.2, 0.25) is 5.41 Å². The number of methoxy groups -OCH3 is 1. The van der Waals surface area contributed by atoms with E-state index in [9.17, 15) is 23.2 Å². The van der Waals surface area contributed by atoms with E-state index in [-0.39, 0.29) is 25.2 Å². The molecule has 0 aromatic heterocycles. The highest BCUT2D eigenvalue weighted by Crippen LogP contribution is 2.32. The first-order chi connectivity index (χ1) is 14.3. The Kier molecular flexibility index (Phi) is 7.63. The number of Topliss-reactive ketones (excluding diaryl/α,β-unsaturated/α-hetero) is 1. The zero-order valence-electron chi connectivity index (χ0n) is 16.9. The van der Waals surface area contributed by atoms with Crippen molar-refractivity contribution in [2.24, 2.45) is 0 Å². The van der Waals surface area contributed by atoms with Crippen LogP contribution in [0, 0.1) is 11.6 Å². The number of ketones is 1. The highest BCUT2D eigenvalue weighted by atomic mass is 19.2. The molecule has 30 heavy (non-hydrogen) atoms. The summed E-state index contributed by atoms with van der Waals surface area (Å²) in [5, 5.41) is 0. The average Bonchev–Trinajstić information content (AvgIpc) is 2.72. The summed E-state index contributed by atoms with van der Waals surface area (Å²) in [5.74, 6) is -5.28. The molecular weight excluding hydrogens is 398 g/mol. The third kappa shape index (κ3) is 4.48. The van der Waals surface area contributed by atoms with Crippen molar-refractivity contribution in [2.75, 3.05) is 20.3 Å². The molecule has 0 atom stereocenters. The van der Waals surface area contributed by atoms with E-state index in [1.165, 1.54) is 21.0 Å². The number of hydrogen-bond donors (Lipinski definition) is 0. The highest BCUT2D eigenvalue weighted by Gasteiger charge is 2.56. The van der Waals surface area contributed by atoms with Gasteiger partial charge in [0.25, 0.3) is 0 Å². The second kappa shape index (κ2) is 9.96. The van der Waals surface area contributed by atoms with E-state index in [1.807, 2.05) is 0 Å². The summed E-state index contributed by atoms with van der Waals surface area (Å²) in [6, 6.07) is 8.76. The lowest BCUT2D eigenvalue weighted by atomic mass is 9.74. The van der Waals surface area contributed by atoms with Gasteiger partial charge in [-0.15, -0.1) is 0 Å². The van der Waals surface area contributed by atoms with Crippen LogP contribution in [-0.2, 0) is 35.7 Å². The molecule has 0 unspecified atom stereocenters. The van der Waals surface area contributed by atoms with E-state index in [2.05, 4.69) is 0 Å². The lowest BCUT2D eigenvalue weighted by Gasteiger charge is -2.28. The maximum absolute atomic E-state index is 14.0. The monoisotopic (exact) mass is 420 g/mol. The van der Waals surface area contributed by atoms with E-state index >= 15 is 0 Å². The SMILES string of the molecule is CCOC(=O)C(C(=O)Cc1ccc(OC)cc1)(C(=O)OCC)c1ccc(F)c(F)c1. The van der Waals surface area contributed by atoms with Gasteiger partial charge in [-0.1, -0.05) is 18.2 Å². The Bertz CT molecular complexity index is 906. The molecule has 2 rings (SSSR count). The molecule has 0 heterocycles. The molecule has 8 heteroatoms. The van der Waals surface area contributed by atoms with Crippen LogP contribution < -0.4 is 4.74 Å². The minimum Gasteiger partial charge on any atom is -0.497 e. The van der Waals surface area contributed by atoms with Gasteiger partial charge in [-0.2, -0.15) is 0 Å². The van der Waals surface area contributed by atoms with Crippen molar-refractivity contribution in [1.82, 2.24) is 0 Å². The summed E-state index contributed by atoms with van der Waals surface area (Å²) >= 11 is 0. The molecule has 0 fully saturated rings. The van der Waals surface area contributed by atoms with Crippen LogP contribution in [-0.4, -0.2) is 38.0 Å². The Hall–Kier alpha value is -3.29. The minimum absolute atomic E-state index is 0.139. The normalized spacial score (nSPS) is 11.0. The van der Waals surface area contributed by atoms with Crippen molar-refractivity contribution in [3.05, 3.63) is 65.2 Å². The lowest BCUT2D eigenvalue weighted by molar-refractivity contribution is -0.167. The highest BCUT2D eigenvalue weighted by molar-refractivity contribution is 6.26. The predicted molar refractivity (Wildman–Crippen MR) is 103 cm³/mol. The largest absolute Gasteiger partial charge is 0.497 e. The van der Waals surface area contributed by atoms with Gasteiger partial charge in [0.05, 0.1) is 20.3 Å². The van der Waals surface area contributed by atoms with Crippen molar-refractivity contribution >= 4 is 17.7 Å². The first-order valence-electron chi connectivity index (χ1n) is 9.27. The smallest absolute Gasteiger partial charge is 0.335 e. The molecule has 0 saturated heterocycles. The number of ether oxygens (including phenoxy) is 3. The zero-order valence-corrected chi connectivity index (χ0v) is 16.9. The molecular formula is C22H22F2O6. The van der Waals surface area contributed by atoms with Gasteiger partial charge >= 0.3 is 11.9 Å². The fourth-order valence-electron chi connectivity index (χ4n) is 2.98. The van der Waals surface area contributed by atoms with Crippen molar-refractivity contribution in [2.45, 2.75) is 25.7 Å². The third-order valence-corrected chi connectivity index (χ3v) is 4.46. The molecule has 160 valence electrons. The number of carbonyl (C=O) groups excluding carboxylic acids is 3. The fraction of sp³-hybridized carbons (Fsp3) is 0.318. The first-order valence-corrected chi connectivity index (χ1v) is 9.27. The van der Waals surface area contributed by atoms with Gasteiger partial charge < -0.3 is 14.2 Å². The van der Waals surface area contributed by atoms with Gasteiger partial charge in [-0.05, 0) is 49.2 Å². The summed E-state index contributed by atoms with van der Waals surface area (Å²) in [6.45, 7) is 2.71. The van der Waals surface area contributed by atoms with Crippen molar-refractivity contribution < 1.29 is 37.4 Å². The van der Waals surface area contributed by atoms with Crippen LogP contribution in [0.3, 0.4) is 0 Å². The van der Waals surface area contributed by atoms with Crippen LogP contribution in [0.5, 0.6) is 5.75 Å². The Morgan fingerprint density at radius 3 is 1.90 bits per heavy atom. The van der Waals surface area contributed by atoms with Crippen molar-refractivity contribution in [3.8, 4) is 5.75 Å². The third-order valence-electron chi connectivity index (χ3n) is 4.46. The molecule has 0 aliphatic carbocycles. The fourth-order valence-corrected chi connectivity index (χ4v) is 2.98. The topological polar surface area (TPSA) is 78.9 Å². The Morgan fingerprint density at radius 2 is 1.43 bits per heavy atom. The van der Waals surface area contributed by atoms with E-state index in [0.717, 1.165) is 12.1 Å². The van der Waals surface area contributed by atoms with E-state index in [1.54, 1.807) is 24.3 Å². The molecule has 0 radical (unpaired) electrons. The summed E-state index contributed by atoms with van der Waals surface area (Å²) in [5.41, 5.74) is -2.49. The molecule has 2 aromatic rings. The minimum atomic E-state index is -2.60. The molecule has 0 aliphatic rings. The summed E-state index contributed by atoms with van der Waals surface area (Å²) < 4.78 is 42.5. The van der Waals surface area contributed by atoms with Gasteiger partial charge in [0.15, 0.2) is 17.4 Å². The van der Waals surface area contributed by atoms with Crippen LogP contribution in [0.25, 0.3) is 0 Å². The van der Waals surface area contributed by atoms with E-state index < -0.39 is 34.8 Å². The quantitative estimate of drug-likeness (QED) is 0.458. The molecule has 0 spiro atoms. The zero-order chi connectivity index (χ0) is 22.3. The van der Waals surface area contributed by atoms with Crippen LogP contribution >= 0.6 is 0 Å². The number of carbonyl (C=O) groups is 3. The van der Waals surface area contributed by atoms with Crippen LogP contribution in [0.2, 0.25) is 0 Å². The number of esters is 2. The molecule has 2 aromatic carbocycles. The summed E-state index contributed by atoms with van der Waals surface area (Å²) in [6.07, 6.45) is -0.360. The predicted octanol–water partition coefficient (Wildman–Crippen LogP) is 3.15. The van der Waals surface area contributed by atoms with Crippen molar-refractivity contribution in [3.63, 3.8) is 0 Å². The molecule has 0 bridgehead atoms. The van der Waals surface area contributed by atoms with Gasteiger partial charge in [0, 0.05) is 6.42 Å². The molecule has 0 N–H and O–H groups in total. The van der Waals surface area contributed by atoms with Gasteiger partial charge in [-0.3, -0.25) is 4.79 Å². The Labute approximate surface area is 172 Å². The van der Waals surface area contributed by atoms with Gasteiger partial charge in [-0.25, -0.2) is 18.4 Å². The summed E-state index contributed by atoms with van der Waals surface area (Å²) in [4.78, 5) is 39.2. The van der Waals surface area contributed by atoms with Crippen LogP contribution in [0.15, 0.2) is 42.5 Å². The number of benzene rings is 2. The second-order valence-electron chi connectivity index (χ2n) is 6.27. The average molecular weight is 420 g/mol. The number of rotatable bonds is 9. The van der Waals surface area contributed by atoms with E-state index in [4.69, 9.17) is 14.2 Å². The Balaban J connectivity index is 2.63. The maximum Gasteiger partial charge on any atom is 0.335 e. The van der Waals surface area contributed by atoms with Crippen LogP contribution in [0.1, 0.15) is 25.0 Å². The number of halogens is 2. The van der Waals surface area contributed by atoms with E-state index in [0.29, 0.717) is 17.4 Å². The molecule has 0 saturated carbocycles. The summed E-state index contributed by atoms with van der Waals surface area (Å²) in [7, 11) is 1.48. The van der Waals surface area contributed by atoms with Gasteiger partial charge in [0.1, 0.15) is 5.75 Å². The Morgan fingerprint density at radius 1 is 0.867 bits per heavy atom. The van der Waals surface area contributed by atoms with Crippen LogP contribution in [0.4, 0.5) is 8.78 Å². The maximum atomic E-state index is 14.0. The molecule has 0 amide bonds. The van der Waals surface area contributed by atoms with Crippen molar-refractivity contribution in [1.29, 1.82) is 0 Å². The first kappa shape index (κ1) is 23.0. The number of hydrogen-bond acceptors (Lipinski definition) is 6.